The standard InChI is InChI=1S/C16H20FN3O4S/c17-13-3-1-12(2-4-13)11-25(23,24)20-9-7-19(8-10-20)16(22)14-5-6-15(21)18-14/h1-4,14H,5-11H2,(H,18,21). The Bertz CT molecular complexity index is 758. The molecule has 136 valence electrons. The van der Waals surface area contributed by atoms with E-state index in [0.717, 1.165) is 0 Å². The molecule has 0 saturated carbocycles. The molecule has 2 saturated heterocycles. The van der Waals surface area contributed by atoms with Crippen LogP contribution >= 0.6 is 0 Å². The van der Waals surface area contributed by atoms with Gasteiger partial charge in [-0.05, 0) is 24.1 Å². The van der Waals surface area contributed by atoms with E-state index in [1.54, 1.807) is 4.90 Å². The van der Waals surface area contributed by atoms with Gasteiger partial charge in [0.05, 0.1) is 5.75 Å². The quantitative estimate of drug-likeness (QED) is 0.814. The lowest BCUT2D eigenvalue weighted by Gasteiger charge is -2.35. The van der Waals surface area contributed by atoms with Crippen LogP contribution in [0.25, 0.3) is 0 Å². The first kappa shape index (κ1) is 17.8. The molecule has 2 amide bonds. The first-order chi connectivity index (χ1) is 11.8. The zero-order chi connectivity index (χ0) is 18.0. The van der Waals surface area contributed by atoms with Crippen LogP contribution in [0.3, 0.4) is 0 Å². The minimum absolute atomic E-state index is 0.126. The van der Waals surface area contributed by atoms with E-state index in [1.807, 2.05) is 0 Å². The minimum atomic E-state index is -3.52. The number of carbonyl (C=O) groups excluding carboxylic acids is 2. The average Bonchev–Trinajstić information content (AvgIpc) is 3.03. The minimum Gasteiger partial charge on any atom is -0.344 e. The lowest BCUT2D eigenvalue weighted by Crippen LogP contribution is -2.54. The van der Waals surface area contributed by atoms with Gasteiger partial charge < -0.3 is 10.2 Å². The third-order valence-corrected chi connectivity index (χ3v) is 6.35. The van der Waals surface area contributed by atoms with Gasteiger partial charge in [-0.3, -0.25) is 9.59 Å². The Hall–Kier alpha value is -2.00. The van der Waals surface area contributed by atoms with Crippen LogP contribution in [0, 0.1) is 5.82 Å². The smallest absolute Gasteiger partial charge is 0.245 e. The van der Waals surface area contributed by atoms with E-state index in [-0.39, 0.29) is 30.7 Å². The van der Waals surface area contributed by atoms with E-state index < -0.39 is 21.9 Å². The number of sulfonamides is 1. The van der Waals surface area contributed by atoms with E-state index in [9.17, 15) is 22.4 Å². The molecule has 25 heavy (non-hydrogen) atoms. The van der Waals surface area contributed by atoms with Crippen LogP contribution in [0.15, 0.2) is 24.3 Å². The van der Waals surface area contributed by atoms with Crippen LogP contribution in [-0.4, -0.2) is 61.7 Å². The predicted molar refractivity (Wildman–Crippen MR) is 88.3 cm³/mol. The second-order valence-corrected chi connectivity index (χ2v) is 8.23. The van der Waals surface area contributed by atoms with E-state index in [4.69, 9.17) is 0 Å². The average molecular weight is 369 g/mol. The third-order valence-electron chi connectivity index (χ3n) is 4.50. The van der Waals surface area contributed by atoms with Gasteiger partial charge in [0.15, 0.2) is 0 Å². The summed E-state index contributed by atoms with van der Waals surface area (Å²) in [5, 5.41) is 2.64. The van der Waals surface area contributed by atoms with Crippen LogP contribution in [0.1, 0.15) is 18.4 Å². The van der Waals surface area contributed by atoms with Crippen molar-refractivity contribution in [2.45, 2.75) is 24.6 Å². The molecule has 1 unspecified atom stereocenters. The van der Waals surface area contributed by atoms with E-state index in [1.165, 1.54) is 28.6 Å². The highest BCUT2D eigenvalue weighted by molar-refractivity contribution is 7.88. The second-order valence-electron chi connectivity index (χ2n) is 6.27. The Morgan fingerprint density at radius 2 is 1.80 bits per heavy atom. The van der Waals surface area contributed by atoms with E-state index in [0.29, 0.717) is 31.5 Å². The molecule has 0 radical (unpaired) electrons. The van der Waals surface area contributed by atoms with Gasteiger partial charge in [-0.2, -0.15) is 4.31 Å². The van der Waals surface area contributed by atoms with Gasteiger partial charge in [0, 0.05) is 32.6 Å². The van der Waals surface area contributed by atoms with Crippen molar-refractivity contribution in [2.24, 2.45) is 0 Å². The molecule has 1 N–H and O–H groups in total. The molecule has 0 spiro atoms. The molecule has 2 heterocycles. The summed E-state index contributed by atoms with van der Waals surface area (Å²) in [4.78, 5) is 25.2. The molecule has 1 aromatic rings. The van der Waals surface area contributed by atoms with Crippen molar-refractivity contribution in [1.29, 1.82) is 0 Å². The number of hydrogen-bond acceptors (Lipinski definition) is 4. The fraction of sp³-hybridized carbons (Fsp3) is 0.500. The van der Waals surface area contributed by atoms with E-state index in [2.05, 4.69) is 5.32 Å². The summed E-state index contributed by atoms with van der Waals surface area (Å²) in [5.41, 5.74) is 0.522. The van der Waals surface area contributed by atoms with Gasteiger partial charge in [0.2, 0.25) is 21.8 Å². The molecule has 3 rings (SSSR count). The molecule has 2 aliphatic rings. The topological polar surface area (TPSA) is 86.8 Å². The number of amides is 2. The molecule has 0 aromatic heterocycles. The van der Waals surface area contributed by atoms with Crippen LogP contribution in [0.5, 0.6) is 0 Å². The monoisotopic (exact) mass is 369 g/mol. The van der Waals surface area contributed by atoms with Crippen LogP contribution < -0.4 is 5.32 Å². The first-order valence-electron chi connectivity index (χ1n) is 8.15. The Balaban J connectivity index is 1.56. The normalized spacial score (nSPS) is 22.0. The summed E-state index contributed by atoms with van der Waals surface area (Å²) in [6, 6.07) is 4.88. The zero-order valence-corrected chi connectivity index (χ0v) is 14.5. The van der Waals surface area contributed by atoms with Crippen molar-refractivity contribution in [3.63, 3.8) is 0 Å². The maximum Gasteiger partial charge on any atom is 0.245 e. The largest absolute Gasteiger partial charge is 0.344 e. The number of halogens is 1. The van der Waals surface area contributed by atoms with Crippen LogP contribution in [0.2, 0.25) is 0 Å². The van der Waals surface area contributed by atoms with Crippen molar-refractivity contribution in [3.05, 3.63) is 35.6 Å². The van der Waals surface area contributed by atoms with Gasteiger partial charge in [-0.25, -0.2) is 12.8 Å². The summed E-state index contributed by atoms with van der Waals surface area (Å²) < 4.78 is 39.3. The molecular formula is C16H20FN3O4S. The number of hydrogen-bond donors (Lipinski definition) is 1. The number of rotatable bonds is 4. The maximum absolute atomic E-state index is 12.9. The fourth-order valence-electron chi connectivity index (χ4n) is 3.09. The fourth-order valence-corrected chi connectivity index (χ4v) is 4.60. The lowest BCUT2D eigenvalue weighted by atomic mass is 10.2. The number of benzene rings is 1. The zero-order valence-electron chi connectivity index (χ0n) is 13.7. The summed E-state index contributed by atoms with van der Waals surface area (Å²) in [5.74, 6) is -0.882. The molecular weight excluding hydrogens is 349 g/mol. The van der Waals surface area contributed by atoms with Crippen molar-refractivity contribution < 1.29 is 22.4 Å². The molecule has 0 bridgehead atoms. The van der Waals surface area contributed by atoms with Gasteiger partial charge in [-0.1, -0.05) is 12.1 Å². The van der Waals surface area contributed by atoms with Gasteiger partial charge >= 0.3 is 0 Å². The molecule has 7 nitrogen and oxygen atoms in total. The Kier molecular flexibility index (Phi) is 5.05. The summed E-state index contributed by atoms with van der Waals surface area (Å²) in [6.45, 7) is 1.04. The van der Waals surface area contributed by atoms with Crippen molar-refractivity contribution in [2.75, 3.05) is 26.2 Å². The number of carbonyl (C=O) groups is 2. The number of piperazine rings is 1. The van der Waals surface area contributed by atoms with Gasteiger partial charge in [0.1, 0.15) is 11.9 Å². The lowest BCUT2D eigenvalue weighted by molar-refractivity contribution is -0.135. The molecule has 2 aliphatic heterocycles. The van der Waals surface area contributed by atoms with Crippen LogP contribution in [-0.2, 0) is 25.4 Å². The SMILES string of the molecule is O=C1CCC(C(=O)N2CCN(S(=O)(=O)Cc3ccc(F)cc3)CC2)N1. The van der Waals surface area contributed by atoms with Crippen molar-refractivity contribution in [1.82, 2.24) is 14.5 Å². The highest BCUT2D eigenvalue weighted by atomic mass is 32.2. The molecule has 1 atom stereocenters. The number of nitrogens with one attached hydrogen (secondary N) is 1. The maximum atomic E-state index is 12.9. The van der Waals surface area contributed by atoms with Crippen molar-refractivity contribution in [3.8, 4) is 0 Å². The Morgan fingerprint density at radius 3 is 2.36 bits per heavy atom. The molecule has 0 aliphatic carbocycles. The Labute approximate surface area is 145 Å². The van der Waals surface area contributed by atoms with Crippen molar-refractivity contribution >= 4 is 21.8 Å². The van der Waals surface area contributed by atoms with Crippen LogP contribution in [0.4, 0.5) is 4.39 Å². The van der Waals surface area contributed by atoms with E-state index >= 15 is 0 Å². The Morgan fingerprint density at radius 1 is 1.16 bits per heavy atom. The third kappa shape index (κ3) is 4.16. The first-order valence-corrected chi connectivity index (χ1v) is 9.76. The van der Waals surface area contributed by atoms with Gasteiger partial charge in [0.25, 0.3) is 0 Å². The second kappa shape index (κ2) is 7.09. The predicted octanol–water partition coefficient (Wildman–Crippen LogP) is 0.0783. The van der Waals surface area contributed by atoms with Gasteiger partial charge in [-0.15, -0.1) is 0 Å². The summed E-state index contributed by atoms with van der Waals surface area (Å²) >= 11 is 0. The summed E-state index contributed by atoms with van der Waals surface area (Å²) in [6.07, 6.45) is 0.836. The highest BCUT2D eigenvalue weighted by Crippen LogP contribution is 2.16. The molecule has 2 fully saturated rings. The highest BCUT2D eigenvalue weighted by Gasteiger charge is 2.34. The molecule has 9 heteroatoms. The number of nitrogens with zero attached hydrogens (tertiary/aromatic N) is 2. The molecule has 1 aromatic carbocycles. The summed E-state index contributed by atoms with van der Waals surface area (Å²) in [7, 11) is -3.52.